The maximum Gasteiger partial charge on any atom is 0.238 e. The number of nitrogens with zero attached hydrogens (tertiary/aromatic N) is 12. The molecule has 2 atom stereocenters. The van der Waals surface area contributed by atoms with Gasteiger partial charge in [0, 0.05) is 37.3 Å². The van der Waals surface area contributed by atoms with Gasteiger partial charge in [0.1, 0.15) is 45.9 Å². The fraction of sp³-hybridized carbons (Fsp3) is 0.385. The summed E-state index contributed by atoms with van der Waals surface area (Å²) in [6.45, 7) is 5.65. The van der Waals surface area contributed by atoms with Gasteiger partial charge in [0.25, 0.3) is 0 Å². The normalized spacial score (nSPS) is 17.4. The van der Waals surface area contributed by atoms with E-state index in [9.17, 15) is 0 Å². The summed E-state index contributed by atoms with van der Waals surface area (Å²) in [4.78, 5) is 28.0. The van der Waals surface area contributed by atoms with E-state index in [1.54, 1.807) is 41.1 Å². The van der Waals surface area contributed by atoms with Crippen LogP contribution in [0.5, 0.6) is 23.3 Å². The van der Waals surface area contributed by atoms with Crippen molar-refractivity contribution in [1.82, 2.24) is 58.6 Å². The molecule has 0 unspecified atom stereocenters. The number of ether oxygens (including phenoxy) is 4. The van der Waals surface area contributed by atoms with Gasteiger partial charge in [-0.3, -0.25) is 0 Å². The molecule has 2 aliphatic heterocycles. The highest BCUT2D eigenvalue weighted by Gasteiger charge is 2.33. The third kappa shape index (κ3) is 8.36. The van der Waals surface area contributed by atoms with Gasteiger partial charge < -0.3 is 28.1 Å². The molecule has 0 radical (unpaired) electrons. The molecule has 0 bridgehead atoms. The summed E-state index contributed by atoms with van der Waals surface area (Å²) in [6, 6.07) is 21.1. The van der Waals surface area contributed by atoms with Crippen molar-refractivity contribution < 1.29 is 18.9 Å². The van der Waals surface area contributed by atoms with Crippen molar-refractivity contribution in [1.29, 1.82) is 0 Å². The average molecular weight is 913 g/mol. The molecule has 16 nitrogen and oxygen atoms in total. The topological polar surface area (TPSA) is 160 Å². The van der Waals surface area contributed by atoms with Crippen LogP contribution >= 0.6 is 0 Å². The van der Waals surface area contributed by atoms with Gasteiger partial charge in [-0.25, -0.2) is 39.3 Å². The van der Waals surface area contributed by atoms with Gasteiger partial charge in [-0.05, 0) is 136 Å². The molecule has 8 aromatic rings. The average Bonchev–Trinajstić information content (AvgIpc) is 4.21. The SMILES string of the molecule is COc1ccc([C@@H]2CCCn3nc(-c4ccc(-n5cnc(C)c5)c(OC)n4)nc32)cc1C1CC1.COc1ccc([C@H]2CCCn3nc(-c4ccc(-n5cnc(C)c5)c(OC)n4)nc32)cc1C1CC1. The van der Waals surface area contributed by atoms with E-state index in [2.05, 4.69) is 46.4 Å². The molecular formula is C52H56N12O4. The Hall–Kier alpha value is -7.36. The first-order chi connectivity index (χ1) is 33.3. The van der Waals surface area contributed by atoms with E-state index < -0.39 is 0 Å². The lowest BCUT2D eigenvalue weighted by molar-refractivity contribution is 0.396. The molecule has 0 saturated heterocycles. The lowest BCUT2D eigenvalue weighted by atomic mass is 9.89. The molecule has 2 fully saturated rings. The van der Waals surface area contributed by atoms with E-state index >= 15 is 0 Å². The minimum Gasteiger partial charge on any atom is -0.496 e. The number of pyridine rings is 2. The van der Waals surface area contributed by atoms with Crippen LogP contribution in [0.1, 0.15) is 120 Å². The van der Waals surface area contributed by atoms with Crippen LogP contribution in [0.3, 0.4) is 0 Å². The molecule has 0 amide bonds. The Kier molecular flexibility index (Phi) is 11.5. The van der Waals surface area contributed by atoms with E-state index in [1.165, 1.54) is 47.9 Å². The second-order valence-corrected chi connectivity index (χ2v) is 18.3. The number of rotatable bonds is 12. The van der Waals surface area contributed by atoms with E-state index in [0.29, 0.717) is 46.6 Å². The number of methoxy groups -OCH3 is 4. The van der Waals surface area contributed by atoms with Crippen LogP contribution in [-0.4, -0.2) is 87.0 Å². The Morgan fingerprint density at radius 3 is 1.31 bits per heavy atom. The van der Waals surface area contributed by atoms with Crippen LogP contribution in [0.25, 0.3) is 34.4 Å². The molecule has 348 valence electrons. The highest BCUT2D eigenvalue weighted by Crippen LogP contribution is 2.47. The first-order valence-electron chi connectivity index (χ1n) is 23.7. The van der Waals surface area contributed by atoms with Crippen molar-refractivity contribution >= 4 is 0 Å². The monoisotopic (exact) mass is 912 g/mol. The van der Waals surface area contributed by atoms with Crippen LogP contribution < -0.4 is 18.9 Å². The molecule has 2 aromatic carbocycles. The lowest BCUT2D eigenvalue weighted by Gasteiger charge is -2.23. The summed E-state index contributed by atoms with van der Waals surface area (Å²) >= 11 is 0. The summed E-state index contributed by atoms with van der Waals surface area (Å²) in [7, 11) is 6.76. The Morgan fingerprint density at radius 1 is 0.500 bits per heavy atom. The summed E-state index contributed by atoms with van der Waals surface area (Å²) in [5.41, 5.74) is 10.2. The predicted octanol–water partition coefficient (Wildman–Crippen LogP) is 9.31. The number of benzene rings is 2. The zero-order chi connectivity index (χ0) is 46.5. The smallest absolute Gasteiger partial charge is 0.238 e. The molecule has 12 rings (SSSR count). The quantitative estimate of drug-likeness (QED) is 0.115. The Labute approximate surface area is 395 Å². The van der Waals surface area contributed by atoms with E-state index in [1.807, 2.05) is 69.0 Å². The number of hydrogen-bond acceptors (Lipinski definition) is 12. The maximum absolute atomic E-state index is 5.63. The molecule has 16 heteroatoms. The standard InChI is InChI=1S/2C26H28N6O2/c2*1-16-14-31(15-27-16)22-10-9-21(28-26(22)34-3)24-29-25-19(5-4-12-32(25)30-24)18-8-11-23(33-2)20(13-18)17-6-7-17/h2*8-11,13-15,17,19H,4-7,12H2,1-3H3/t2*19-/m10/s1. The van der Waals surface area contributed by atoms with E-state index in [4.69, 9.17) is 49.1 Å². The molecule has 4 aliphatic rings. The van der Waals surface area contributed by atoms with Gasteiger partial charge >= 0.3 is 0 Å². The van der Waals surface area contributed by atoms with Crippen molar-refractivity contribution in [3.8, 4) is 57.7 Å². The molecule has 8 heterocycles. The third-order valence-electron chi connectivity index (χ3n) is 13.6. The third-order valence-corrected chi connectivity index (χ3v) is 13.6. The maximum atomic E-state index is 5.63. The fourth-order valence-electron chi connectivity index (χ4n) is 9.83. The second-order valence-electron chi connectivity index (χ2n) is 18.3. The van der Waals surface area contributed by atoms with Gasteiger partial charge in [-0.2, -0.15) is 0 Å². The zero-order valence-corrected chi connectivity index (χ0v) is 39.5. The fourth-order valence-corrected chi connectivity index (χ4v) is 9.83. The largest absolute Gasteiger partial charge is 0.496 e. The van der Waals surface area contributed by atoms with Crippen molar-refractivity contribution in [3.63, 3.8) is 0 Å². The minimum absolute atomic E-state index is 0.216. The van der Waals surface area contributed by atoms with Crippen molar-refractivity contribution in [2.75, 3.05) is 28.4 Å². The Bertz CT molecular complexity index is 2910. The molecule has 0 spiro atoms. The number of hydrogen-bond donors (Lipinski definition) is 0. The van der Waals surface area contributed by atoms with Crippen molar-refractivity contribution in [2.24, 2.45) is 0 Å². The zero-order valence-electron chi connectivity index (χ0n) is 39.5. The van der Waals surface area contributed by atoms with Crippen molar-refractivity contribution in [3.05, 3.63) is 131 Å². The lowest BCUT2D eigenvalue weighted by Crippen LogP contribution is -2.18. The highest BCUT2D eigenvalue weighted by atomic mass is 16.5. The highest BCUT2D eigenvalue weighted by molar-refractivity contribution is 5.57. The van der Waals surface area contributed by atoms with Gasteiger partial charge in [0.05, 0.1) is 52.5 Å². The summed E-state index contributed by atoms with van der Waals surface area (Å²) in [6.07, 6.45) is 16.6. The Balaban J connectivity index is 0.000000149. The first-order valence-corrected chi connectivity index (χ1v) is 23.7. The molecule has 2 saturated carbocycles. The van der Waals surface area contributed by atoms with Gasteiger partial charge in [-0.1, -0.05) is 24.3 Å². The summed E-state index contributed by atoms with van der Waals surface area (Å²) < 4.78 is 30.4. The predicted molar refractivity (Wildman–Crippen MR) is 255 cm³/mol. The second kappa shape index (κ2) is 18.0. The molecule has 68 heavy (non-hydrogen) atoms. The molecular weight excluding hydrogens is 857 g/mol. The van der Waals surface area contributed by atoms with Gasteiger partial charge in [0.2, 0.25) is 11.8 Å². The van der Waals surface area contributed by atoms with Crippen LogP contribution in [-0.2, 0) is 13.1 Å². The molecule has 0 N–H and O–H groups in total. The number of fused-ring (bicyclic) bond motifs is 2. The van der Waals surface area contributed by atoms with Crippen LogP contribution in [0.4, 0.5) is 0 Å². The number of imidazole rings is 2. The van der Waals surface area contributed by atoms with E-state index in [0.717, 1.165) is 84.7 Å². The van der Waals surface area contributed by atoms with Crippen molar-refractivity contribution in [2.45, 2.75) is 102 Å². The number of aryl methyl sites for hydroxylation is 4. The van der Waals surface area contributed by atoms with Gasteiger partial charge in [-0.15, -0.1) is 10.2 Å². The Morgan fingerprint density at radius 2 is 0.941 bits per heavy atom. The van der Waals surface area contributed by atoms with Crippen LogP contribution in [0.15, 0.2) is 85.7 Å². The summed E-state index contributed by atoms with van der Waals surface area (Å²) in [5, 5.41) is 9.65. The molecule has 2 aliphatic carbocycles. The molecule has 6 aromatic heterocycles. The number of aromatic nitrogens is 12. The van der Waals surface area contributed by atoms with Gasteiger partial charge in [0.15, 0.2) is 11.6 Å². The first kappa shape index (κ1) is 43.2. The van der Waals surface area contributed by atoms with Crippen LogP contribution in [0.2, 0.25) is 0 Å². The van der Waals surface area contributed by atoms with E-state index in [-0.39, 0.29) is 11.8 Å². The summed E-state index contributed by atoms with van der Waals surface area (Å²) in [5.74, 6) is 7.97. The van der Waals surface area contributed by atoms with Crippen LogP contribution in [0, 0.1) is 13.8 Å². The minimum atomic E-state index is 0.216.